The molecule has 0 amide bonds. The predicted molar refractivity (Wildman–Crippen MR) is 118 cm³/mol. The largest absolute Gasteiger partial charge is 0.393 e. The third kappa shape index (κ3) is 2.36. The minimum atomic E-state index is -0.835. The summed E-state index contributed by atoms with van der Waals surface area (Å²) >= 11 is 0. The van der Waals surface area contributed by atoms with E-state index in [1.165, 1.54) is 16.8 Å². The number of aromatic amines is 1. The summed E-state index contributed by atoms with van der Waals surface area (Å²) < 4.78 is 26.5. The molecule has 180 valence electrons. The van der Waals surface area contributed by atoms with Gasteiger partial charge >= 0.3 is 0 Å². The van der Waals surface area contributed by atoms with Gasteiger partial charge in [0.2, 0.25) is 5.79 Å². The number of aryl methyl sites for hydroxylation is 1. The molecule has 9 atom stereocenters. The van der Waals surface area contributed by atoms with Gasteiger partial charge in [-0.1, -0.05) is 26.3 Å². The van der Waals surface area contributed by atoms with Crippen LogP contribution in [-0.4, -0.2) is 47.9 Å². The molecule has 2 N–H and O–H groups in total. The van der Waals surface area contributed by atoms with Gasteiger partial charge in [-0.25, -0.2) is 0 Å². The number of rotatable bonds is 0. The average Bonchev–Trinajstić information content (AvgIpc) is 3.50. The zero-order valence-corrected chi connectivity index (χ0v) is 20.2. The fourth-order valence-corrected chi connectivity index (χ4v) is 9.79. The van der Waals surface area contributed by atoms with Crippen LogP contribution >= 0.6 is 0 Å². The van der Waals surface area contributed by atoms with Gasteiger partial charge in [-0.05, 0) is 67.3 Å². The van der Waals surface area contributed by atoms with Crippen molar-refractivity contribution < 1.29 is 28.7 Å². The number of aliphatic hydroxyl groups is 1. The molecule has 7 heteroatoms. The Morgan fingerprint density at radius 2 is 2.00 bits per heavy atom. The van der Waals surface area contributed by atoms with Crippen molar-refractivity contribution in [1.29, 1.82) is 0 Å². The number of nitrogens with one attached hydrogen (secondary N) is 1. The molecule has 1 aromatic rings. The third-order valence-corrected chi connectivity index (χ3v) is 10.9. The highest BCUT2D eigenvalue weighted by Gasteiger charge is 2.77. The first-order valence-corrected chi connectivity index (χ1v) is 12.7. The van der Waals surface area contributed by atoms with Gasteiger partial charge < -0.3 is 24.1 Å². The van der Waals surface area contributed by atoms with Gasteiger partial charge in [-0.2, -0.15) is 5.10 Å². The molecule has 1 aromatic heterocycles. The van der Waals surface area contributed by atoms with Crippen LogP contribution in [0.15, 0.2) is 11.8 Å². The molecular formula is C26H37N2O5+. The molecule has 3 heterocycles. The summed E-state index contributed by atoms with van der Waals surface area (Å²) in [7, 11) is 2.06. The maximum atomic E-state index is 11.9. The van der Waals surface area contributed by atoms with Crippen molar-refractivity contribution in [2.45, 2.75) is 70.4 Å². The number of H-pyrrole nitrogens is 1. The molecule has 1 unspecified atom stereocenters. The molecule has 2 saturated heterocycles. The molecule has 6 aliphatic rings. The molecule has 5 fully saturated rings. The van der Waals surface area contributed by atoms with Gasteiger partial charge in [0, 0.05) is 11.0 Å². The molecule has 33 heavy (non-hydrogen) atoms. The molecule has 4 aliphatic carbocycles. The first-order chi connectivity index (χ1) is 15.7. The van der Waals surface area contributed by atoms with Crippen LogP contribution in [-0.2, 0) is 32.4 Å². The molecule has 0 radical (unpaired) electrons. The third-order valence-electron chi connectivity index (χ3n) is 10.9. The lowest BCUT2D eigenvalue weighted by molar-refractivity contribution is -0.727. The topological polar surface area (TPSA) is 76.8 Å². The Bertz CT molecular complexity index is 1020. The van der Waals surface area contributed by atoms with Crippen LogP contribution in [0.5, 0.6) is 0 Å². The van der Waals surface area contributed by atoms with E-state index in [1.54, 1.807) is 0 Å². The van der Waals surface area contributed by atoms with Crippen LogP contribution in [0.4, 0.5) is 0 Å². The number of aromatic nitrogens is 2. The Morgan fingerprint density at radius 1 is 1.18 bits per heavy atom. The summed E-state index contributed by atoms with van der Waals surface area (Å²) in [5.74, 6) is 0.828. The molecule has 0 aromatic carbocycles. The molecule has 0 bridgehead atoms. The van der Waals surface area contributed by atoms with E-state index in [0.717, 1.165) is 32.1 Å². The number of ether oxygens (including phenoxy) is 4. The van der Waals surface area contributed by atoms with Crippen LogP contribution < -0.4 is 4.68 Å². The second kappa shape index (κ2) is 6.49. The van der Waals surface area contributed by atoms with E-state index >= 15 is 0 Å². The van der Waals surface area contributed by atoms with E-state index < -0.39 is 11.4 Å². The van der Waals surface area contributed by atoms with Crippen molar-refractivity contribution in [3.8, 4) is 0 Å². The normalized spacial score (nSPS) is 52.5. The van der Waals surface area contributed by atoms with Crippen LogP contribution in [0.2, 0.25) is 0 Å². The fraction of sp³-hybridized carbons (Fsp3) is 0.808. The quantitative estimate of drug-likeness (QED) is 0.586. The van der Waals surface area contributed by atoms with E-state index in [4.69, 9.17) is 18.9 Å². The number of fused-ring (bicyclic) bond motifs is 8. The molecule has 7 rings (SSSR count). The first kappa shape index (κ1) is 21.1. The Labute approximate surface area is 195 Å². The highest BCUT2D eigenvalue weighted by Crippen LogP contribution is 2.72. The molecule has 7 nitrogen and oxygen atoms in total. The van der Waals surface area contributed by atoms with E-state index in [1.807, 2.05) is 0 Å². The van der Waals surface area contributed by atoms with Crippen LogP contribution in [0.1, 0.15) is 57.7 Å². The highest BCUT2D eigenvalue weighted by molar-refractivity contribution is 5.59. The minimum Gasteiger partial charge on any atom is -0.393 e. The Morgan fingerprint density at radius 3 is 2.79 bits per heavy atom. The zero-order valence-electron chi connectivity index (χ0n) is 20.2. The van der Waals surface area contributed by atoms with Crippen molar-refractivity contribution in [2.75, 3.05) is 20.2 Å². The van der Waals surface area contributed by atoms with Crippen molar-refractivity contribution in [2.24, 2.45) is 41.5 Å². The lowest BCUT2D eigenvalue weighted by atomic mass is 9.43. The second-order valence-corrected chi connectivity index (χ2v) is 12.2. The van der Waals surface area contributed by atoms with Gasteiger partial charge in [0.05, 0.1) is 6.10 Å². The SMILES string of the molecule is C[C@H]1C[C@@H]2[C@H]([C@@H](O)C[C@@]3(C)[C@H]2CC[C@@]32OCOC23COCO3)[C@@]2(C)Cc3c[n+](C)[nH]c3C=C12. The maximum Gasteiger partial charge on any atom is 0.226 e. The van der Waals surface area contributed by atoms with Crippen molar-refractivity contribution in [1.82, 2.24) is 5.10 Å². The smallest absolute Gasteiger partial charge is 0.226 e. The van der Waals surface area contributed by atoms with Gasteiger partial charge in [0.25, 0.3) is 0 Å². The van der Waals surface area contributed by atoms with Gasteiger partial charge in [0.1, 0.15) is 17.9 Å². The van der Waals surface area contributed by atoms with E-state index in [-0.39, 0.29) is 36.4 Å². The summed E-state index contributed by atoms with van der Waals surface area (Å²) in [6, 6.07) is 0. The van der Waals surface area contributed by atoms with E-state index in [2.05, 4.69) is 49.9 Å². The lowest BCUT2D eigenvalue weighted by Gasteiger charge is -2.62. The highest BCUT2D eigenvalue weighted by atomic mass is 16.9. The number of allylic oxidation sites excluding steroid dienone is 1. The Balaban J connectivity index is 1.31. The summed E-state index contributed by atoms with van der Waals surface area (Å²) in [6.45, 7) is 8.05. The van der Waals surface area contributed by atoms with E-state index in [9.17, 15) is 5.11 Å². The van der Waals surface area contributed by atoms with Crippen molar-refractivity contribution in [3.63, 3.8) is 0 Å². The van der Waals surface area contributed by atoms with Crippen LogP contribution in [0.3, 0.4) is 0 Å². The van der Waals surface area contributed by atoms with Crippen molar-refractivity contribution >= 4 is 6.08 Å². The lowest BCUT2D eigenvalue weighted by Crippen LogP contribution is -2.66. The Hall–Kier alpha value is -1.25. The predicted octanol–water partition coefficient (Wildman–Crippen LogP) is 2.68. The van der Waals surface area contributed by atoms with Gasteiger partial charge in [0.15, 0.2) is 26.8 Å². The first-order valence-electron chi connectivity index (χ1n) is 12.7. The number of hydrogen-bond acceptors (Lipinski definition) is 5. The zero-order chi connectivity index (χ0) is 22.8. The molecule has 2 spiro atoms. The van der Waals surface area contributed by atoms with Gasteiger partial charge in [-0.3, -0.25) is 0 Å². The monoisotopic (exact) mass is 457 g/mol. The Kier molecular flexibility index (Phi) is 4.14. The average molecular weight is 458 g/mol. The molecule has 2 aliphatic heterocycles. The summed E-state index contributed by atoms with van der Waals surface area (Å²) in [5.41, 5.74) is 3.32. The van der Waals surface area contributed by atoms with Crippen molar-refractivity contribution in [3.05, 3.63) is 23.0 Å². The number of hydrogen-bond donors (Lipinski definition) is 2. The molecular weight excluding hydrogens is 420 g/mol. The number of nitrogens with zero attached hydrogens (tertiary/aromatic N) is 1. The summed E-state index contributed by atoms with van der Waals surface area (Å²) in [6.07, 6.45) is 9.04. The van der Waals surface area contributed by atoms with Crippen LogP contribution in [0, 0.1) is 34.5 Å². The minimum absolute atomic E-state index is 0.0291. The van der Waals surface area contributed by atoms with E-state index in [0.29, 0.717) is 24.4 Å². The maximum absolute atomic E-state index is 11.9. The summed E-state index contributed by atoms with van der Waals surface area (Å²) in [5, 5.41) is 15.4. The van der Waals surface area contributed by atoms with Crippen LogP contribution in [0.25, 0.3) is 6.08 Å². The summed E-state index contributed by atoms with van der Waals surface area (Å²) in [4.78, 5) is 0. The molecule has 3 saturated carbocycles. The fourth-order valence-electron chi connectivity index (χ4n) is 9.79. The standard InChI is InChI=1S/C26H36N2O5/c1-15-7-17-18-5-6-25(26(33-14-31-25)12-30-13-32-26)24(18,3)10-21(29)22(17)23(2)9-16-11-28(4)27-20(16)8-19(15)23/h8,11,15,17-18,21-22,29H,5-7,9-10,12-14H2,1-4H3/p+1/t15-,17-,18-,21-,22+,23-,24-,25+,26?/m0/s1. The number of aliphatic hydroxyl groups excluding tert-OH is 1. The second-order valence-electron chi connectivity index (χ2n) is 12.2. The van der Waals surface area contributed by atoms with Gasteiger partial charge in [-0.15, -0.1) is 4.68 Å².